The van der Waals surface area contributed by atoms with Crippen LogP contribution in [0.5, 0.6) is 0 Å². The molecule has 12 heavy (non-hydrogen) atoms. The Hall–Kier alpha value is -0.550. The number of unbranched alkanes of at least 4 members (excludes halogenated alkanes) is 2. The zero-order valence-electron chi connectivity index (χ0n) is 6.29. The molecule has 6 nitrogen and oxygen atoms in total. The van der Waals surface area contributed by atoms with Crippen molar-refractivity contribution in [3.05, 3.63) is 0 Å². The maximum absolute atomic E-state index is 9.56. The van der Waals surface area contributed by atoms with Gasteiger partial charge in [-0.2, -0.15) is 0 Å². The molecular weight excluding hydrogens is 187 g/mol. The van der Waals surface area contributed by atoms with Crippen LogP contribution in [0.3, 0.4) is 0 Å². The van der Waals surface area contributed by atoms with Crippen LogP contribution in [0, 0.1) is 0 Å². The molecule has 0 aromatic carbocycles. The lowest BCUT2D eigenvalue weighted by atomic mass is 10.3. The summed E-state index contributed by atoms with van der Waals surface area (Å²) in [4.78, 5) is 40.7. The summed E-state index contributed by atoms with van der Waals surface area (Å²) in [6, 6.07) is 0. The molecule has 0 radical (unpaired) electrons. The van der Waals surface area contributed by atoms with E-state index in [-0.39, 0.29) is 0 Å². The van der Waals surface area contributed by atoms with Gasteiger partial charge >= 0.3 is 7.82 Å². The Balaban J connectivity index is 0. The lowest BCUT2D eigenvalue weighted by Gasteiger charge is -1.82. The fourth-order valence-electron chi connectivity index (χ4n) is 0.285. The molecule has 0 heterocycles. The van der Waals surface area contributed by atoms with Crippen LogP contribution in [-0.2, 0) is 14.2 Å². The van der Waals surface area contributed by atoms with E-state index in [0.717, 1.165) is 12.6 Å². The Morgan fingerprint density at radius 2 is 1.25 bits per heavy atom. The zero-order chi connectivity index (χ0) is 10.0. The van der Waals surface area contributed by atoms with E-state index in [9.17, 15) is 9.59 Å². The Bertz CT molecular complexity index is 145. The van der Waals surface area contributed by atoms with Crippen molar-refractivity contribution < 1.29 is 28.8 Å². The van der Waals surface area contributed by atoms with Crippen LogP contribution in [0.25, 0.3) is 0 Å². The van der Waals surface area contributed by atoms with E-state index in [2.05, 4.69) is 0 Å². The number of aldehydes is 2. The Labute approximate surface area is 69.5 Å². The highest BCUT2D eigenvalue weighted by Crippen LogP contribution is 2.25. The molecule has 0 rings (SSSR count). The first-order valence-electron chi connectivity index (χ1n) is 3.07. The van der Waals surface area contributed by atoms with Crippen LogP contribution in [-0.4, -0.2) is 27.3 Å². The first kappa shape index (κ1) is 14.0. The molecule has 0 saturated heterocycles. The summed E-state index contributed by atoms with van der Waals surface area (Å²) >= 11 is 0. The Morgan fingerprint density at radius 1 is 1.00 bits per heavy atom. The largest absolute Gasteiger partial charge is 0.466 e. The summed E-state index contributed by atoms with van der Waals surface area (Å²) in [5.74, 6) is 0. The highest BCUT2D eigenvalue weighted by atomic mass is 31.2. The number of phosphoric acid groups is 1. The Kier molecular flexibility index (Phi) is 9.97. The van der Waals surface area contributed by atoms with E-state index < -0.39 is 7.82 Å². The normalized spacial score (nSPS) is 9.58. The second kappa shape index (κ2) is 8.55. The third kappa shape index (κ3) is 56.7. The molecule has 0 aliphatic carbocycles. The van der Waals surface area contributed by atoms with Gasteiger partial charge in [0.05, 0.1) is 0 Å². The topological polar surface area (TPSA) is 112 Å². The number of carbonyl (C=O) groups is 2. The first-order valence-corrected chi connectivity index (χ1v) is 4.64. The molecule has 0 spiro atoms. The van der Waals surface area contributed by atoms with Gasteiger partial charge < -0.3 is 24.3 Å². The lowest BCUT2D eigenvalue weighted by Crippen LogP contribution is -1.76. The predicted molar refractivity (Wildman–Crippen MR) is 40.2 cm³/mol. The van der Waals surface area contributed by atoms with Gasteiger partial charge in [-0.15, -0.1) is 0 Å². The SMILES string of the molecule is O=CCCCC=O.O=P(O)(O)O. The van der Waals surface area contributed by atoms with Gasteiger partial charge in [0.15, 0.2) is 0 Å². The van der Waals surface area contributed by atoms with Crippen LogP contribution in [0.15, 0.2) is 0 Å². The van der Waals surface area contributed by atoms with E-state index in [1.165, 1.54) is 0 Å². The number of hydrogen-bond acceptors (Lipinski definition) is 3. The molecule has 0 fully saturated rings. The van der Waals surface area contributed by atoms with Crippen molar-refractivity contribution in [1.82, 2.24) is 0 Å². The average Bonchev–Trinajstić information content (AvgIpc) is 1.85. The van der Waals surface area contributed by atoms with Crippen molar-refractivity contribution in [3.8, 4) is 0 Å². The minimum Gasteiger partial charge on any atom is -0.303 e. The molecule has 0 saturated carbocycles. The monoisotopic (exact) mass is 198 g/mol. The van der Waals surface area contributed by atoms with Crippen LogP contribution in [0.4, 0.5) is 0 Å². The van der Waals surface area contributed by atoms with E-state index in [1.807, 2.05) is 0 Å². The highest BCUT2D eigenvalue weighted by Gasteiger charge is 2.00. The lowest BCUT2D eigenvalue weighted by molar-refractivity contribution is -0.108. The molecule has 0 aliphatic rings. The third-order valence-corrected chi connectivity index (χ3v) is 0.644. The zero-order valence-corrected chi connectivity index (χ0v) is 7.18. The quantitative estimate of drug-likeness (QED) is 0.322. The first-order chi connectivity index (χ1) is 5.41. The smallest absolute Gasteiger partial charge is 0.303 e. The number of hydrogen-bond donors (Lipinski definition) is 3. The molecule has 3 N–H and O–H groups in total. The van der Waals surface area contributed by atoms with Crippen molar-refractivity contribution in [3.63, 3.8) is 0 Å². The van der Waals surface area contributed by atoms with Crippen LogP contribution in [0.1, 0.15) is 19.3 Å². The summed E-state index contributed by atoms with van der Waals surface area (Å²) in [6.45, 7) is 0. The van der Waals surface area contributed by atoms with E-state index in [0.29, 0.717) is 19.3 Å². The van der Waals surface area contributed by atoms with Crippen molar-refractivity contribution in [2.24, 2.45) is 0 Å². The summed E-state index contributed by atoms with van der Waals surface area (Å²) in [6.07, 6.45) is 3.37. The maximum Gasteiger partial charge on any atom is 0.466 e. The van der Waals surface area contributed by atoms with Gasteiger partial charge in [0.2, 0.25) is 0 Å². The minimum absolute atomic E-state index is 0.513. The van der Waals surface area contributed by atoms with Crippen molar-refractivity contribution in [2.45, 2.75) is 19.3 Å². The molecule has 0 aromatic rings. The van der Waals surface area contributed by atoms with Gasteiger partial charge in [-0.3, -0.25) is 0 Å². The number of rotatable bonds is 4. The van der Waals surface area contributed by atoms with E-state index >= 15 is 0 Å². The Morgan fingerprint density at radius 3 is 1.42 bits per heavy atom. The molecule has 0 bridgehead atoms. The highest BCUT2D eigenvalue weighted by molar-refractivity contribution is 7.45. The second-order valence-corrected chi connectivity index (χ2v) is 2.80. The van der Waals surface area contributed by atoms with Crippen LogP contribution < -0.4 is 0 Å². The van der Waals surface area contributed by atoms with Crippen molar-refractivity contribution in [1.29, 1.82) is 0 Å². The summed E-state index contributed by atoms with van der Waals surface area (Å²) in [7, 11) is -4.64. The van der Waals surface area contributed by atoms with Crippen molar-refractivity contribution >= 4 is 20.4 Å². The third-order valence-electron chi connectivity index (χ3n) is 0.644. The second-order valence-electron chi connectivity index (χ2n) is 1.78. The van der Waals surface area contributed by atoms with Gasteiger partial charge in [-0.1, -0.05) is 0 Å². The standard InChI is InChI=1S/C5H8O2.H3O4P/c6-4-2-1-3-5-7;1-5(2,3)4/h4-5H,1-3H2;(H3,1,2,3,4). The molecule has 72 valence electrons. The molecule has 0 atom stereocenters. The fourth-order valence-corrected chi connectivity index (χ4v) is 0.285. The molecular formula is C5H11O6P. The average molecular weight is 198 g/mol. The maximum atomic E-state index is 9.56. The van der Waals surface area contributed by atoms with Crippen LogP contribution >= 0.6 is 7.82 Å². The van der Waals surface area contributed by atoms with Gasteiger partial charge in [-0.05, 0) is 6.42 Å². The molecule has 0 unspecified atom stereocenters. The molecule has 0 amide bonds. The fraction of sp³-hybridized carbons (Fsp3) is 0.600. The summed E-state index contributed by atoms with van der Waals surface area (Å²) in [5.41, 5.74) is 0. The van der Waals surface area contributed by atoms with E-state index in [4.69, 9.17) is 19.2 Å². The van der Waals surface area contributed by atoms with Gasteiger partial charge in [0.25, 0.3) is 0 Å². The van der Waals surface area contributed by atoms with Gasteiger partial charge in [0, 0.05) is 12.8 Å². The summed E-state index contributed by atoms with van der Waals surface area (Å²) < 4.78 is 8.88. The van der Waals surface area contributed by atoms with E-state index in [1.54, 1.807) is 0 Å². The predicted octanol–water partition coefficient (Wildman–Crippen LogP) is -0.374. The molecule has 0 aliphatic heterocycles. The van der Waals surface area contributed by atoms with Gasteiger partial charge in [-0.25, -0.2) is 4.57 Å². The van der Waals surface area contributed by atoms with Crippen molar-refractivity contribution in [2.75, 3.05) is 0 Å². The minimum atomic E-state index is -4.64. The van der Waals surface area contributed by atoms with Crippen LogP contribution in [0.2, 0.25) is 0 Å². The number of carbonyl (C=O) groups excluding carboxylic acids is 2. The van der Waals surface area contributed by atoms with Gasteiger partial charge in [0.1, 0.15) is 12.6 Å². The molecule has 7 heteroatoms. The summed E-state index contributed by atoms with van der Waals surface area (Å²) in [5, 5.41) is 0. The molecule has 0 aromatic heterocycles.